The normalized spacial score (nSPS) is 20.2. The number of rotatable bonds is 4. The first-order chi connectivity index (χ1) is 8.98. The van der Waals surface area contributed by atoms with E-state index in [1.165, 1.54) is 5.41 Å². The lowest BCUT2D eigenvalue weighted by atomic mass is 10.1. The van der Waals surface area contributed by atoms with Crippen LogP contribution in [0.1, 0.15) is 6.42 Å². The van der Waals surface area contributed by atoms with Crippen LogP contribution < -0.4 is 10.1 Å². The van der Waals surface area contributed by atoms with Crippen molar-refractivity contribution in [2.75, 3.05) is 18.2 Å². The number of methoxy groups -OCH3 is 1. The SMILES string of the molecule is COc1ccc(NC(=O)CC2C=CS(=O)(=O)C2)cc1. The molecule has 1 aliphatic heterocycles. The third kappa shape index (κ3) is 3.82. The van der Waals surface area contributed by atoms with Gasteiger partial charge in [0.2, 0.25) is 5.91 Å². The molecule has 0 aromatic heterocycles. The summed E-state index contributed by atoms with van der Waals surface area (Å²) in [6.07, 6.45) is 1.74. The van der Waals surface area contributed by atoms with E-state index in [9.17, 15) is 13.2 Å². The highest BCUT2D eigenvalue weighted by Crippen LogP contribution is 2.20. The summed E-state index contributed by atoms with van der Waals surface area (Å²) in [7, 11) is -1.53. The average molecular weight is 281 g/mol. The van der Waals surface area contributed by atoms with Crippen molar-refractivity contribution in [2.45, 2.75) is 6.42 Å². The largest absolute Gasteiger partial charge is 0.497 e. The van der Waals surface area contributed by atoms with E-state index >= 15 is 0 Å². The van der Waals surface area contributed by atoms with Gasteiger partial charge in [-0.05, 0) is 24.3 Å². The maximum atomic E-state index is 11.8. The van der Waals surface area contributed by atoms with E-state index in [0.717, 1.165) is 0 Å². The van der Waals surface area contributed by atoms with Gasteiger partial charge in [-0.1, -0.05) is 6.08 Å². The number of benzene rings is 1. The van der Waals surface area contributed by atoms with Gasteiger partial charge < -0.3 is 10.1 Å². The Morgan fingerprint density at radius 2 is 2.05 bits per heavy atom. The van der Waals surface area contributed by atoms with Crippen LogP contribution in [0.15, 0.2) is 35.7 Å². The van der Waals surface area contributed by atoms with Crippen LogP contribution >= 0.6 is 0 Å². The van der Waals surface area contributed by atoms with E-state index in [4.69, 9.17) is 4.74 Å². The average Bonchev–Trinajstić information content (AvgIpc) is 2.69. The zero-order valence-electron chi connectivity index (χ0n) is 10.5. The van der Waals surface area contributed by atoms with Crippen LogP contribution in [0.25, 0.3) is 0 Å². The van der Waals surface area contributed by atoms with Gasteiger partial charge in [0.1, 0.15) is 5.75 Å². The summed E-state index contributed by atoms with van der Waals surface area (Å²) >= 11 is 0. The fourth-order valence-electron chi connectivity index (χ4n) is 1.89. The van der Waals surface area contributed by atoms with Gasteiger partial charge in [0.15, 0.2) is 9.84 Å². The summed E-state index contributed by atoms with van der Waals surface area (Å²) in [4.78, 5) is 11.8. The van der Waals surface area contributed by atoms with Gasteiger partial charge in [-0.3, -0.25) is 4.79 Å². The van der Waals surface area contributed by atoms with E-state index in [0.29, 0.717) is 11.4 Å². The van der Waals surface area contributed by atoms with E-state index < -0.39 is 9.84 Å². The van der Waals surface area contributed by atoms with Gasteiger partial charge in [0.05, 0.1) is 12.9 Å². The summed E-state index contributed by atoms with van der Waals surface area (Å²) in [5, 5.41) is 3.90. The van der Waals surface area contributed by atoms with Crippen LogP contribution in [0.4, 0.5) is 5.69 Å². The van der Waals surface area contributed by atoms with Crippen molar-refractivity contribution in [1.82, 2.24) is 0 Å². The molecule has 1 atom stereocenters. The van der Waals surface area contributed by atoms with E-state index in [1.54, 1.807) is 37.5 Å². The van der Waals surface area contributed by atoms with Crippen molar-refractivity contribution in [3.05, 3.63) is 35.7 Å². The van der Waals surface area contributed by atoms with Crippen LogP contribution in [0.3, 0.4) is 0 Å². The molecule has 2 rings (SSSR count). The molecule has 0 saturated heterocycles. The topological polar surface area (TPSA) is 72.5 Å². The van der Waals surface area contributed by atoms with Crippen molar-refractivity contribution in [3.8, 4) is 5.75 Å². The number of hydrogen-bond donors (Lipinski definition) is 1. The summed E-state index contributed by atoms with van der Waals surface area (Å²) in [5.41, 5.74) is 0.663. The first-order valence-corrected chi connectivity index (χ1v) is 7.55. The molecule has 0 fully saturated rings. The van der Waals surface area contributed by atoms with Crippen molar-refractivity contribution in [3.63, 3.8) is 0 Å². The van der Waals surface area contributed by atoms with Crippen LogP contribution in [0.2, 0.25) is 0 Å². The lowest BCUT2D eigenvalue weighted by Gasteiger charge is -2.08. The zero-order valence-corrected chi connectivity index (χ0v) is 11.3. The molecule has 1 unspecified atom stereocenters. The Kier molecular flexibility index (Phi) is 3.90. The molecule has 1 aliphatic rings. The highest BCUT2D eigenvalue weighted by atomic mass is 32.2. The first kappa shape index (κ1) is 13.6. The molecule has 1 N–H and O–H groups in total. The molecule has 0 saturated carbocycles. The number of carbonyl (C=O) groups is 1. The molecule has 0 radical (unpaired) electrons. The van der Waals surface area contributed by atoms with Crippen molar-refractivity contribution in [1.29, 1.82) is 0 Å². The predicted molar refractivity (Wildman–Crippen MR) is 72.7 cm³/mol. The monoisotopic (exact) mass is 281 g/mol. The van der Waals surface area contributed by atoms with Gasteiger partial charge >= 0.3 is 0 Å². The number of nitrogens with one attached hydrogen (secondary N) is 1. The second-order valence-corrected chi connectivity index (χ2v) is 6.33. The number of amides is 1. The second kappa shape index (κ2) is 5.44. The molecule has 6 heteroatoms. The molecule has 5 nitrogen and oxygen atoms in total. The molecular formula is C13H15NO4S. The van der Waals surface area contributed by atoms with E-state index in [1.807, 2.05) is 0 Å². The quantitative estimate of drug-likeness (QED) is 0.909. The predicted octanol–water partition coefficient (Wildman–Crippen LogP) is 1.58. The van der Waals surface area contributed by atoms with Gasteiger partial charge in [0, 0.05) is 23.4 Å². The Hall–Kier alpha value is -1.82. The number of anilines is 1. The number of hydrogen-bond acceptors (Lipinski definition) is 4. The number of ether oxygens (including phenoxy) is 1. The van der Waals surface area contributed by atoms with Crippen LogP contribution in [0, 0.1) is 5.92 Å². The number of sulfone groups is 1. The second-order valence-electron chi connectivity index (χ2n) is 4.40. The highest BCUT2D eigenvalue weighted by molar-refractivity contribution is 7.94. The Morgan fingerprint density at radius 3 is 2.58 bits per heavy atom. The summed E-state index contributed by atoms with van der Waals surface area (Å²) < 4.78 is 27.5. The Balaban J connectivity index is 1.89. The van der Waals surface area contributed by atoms with Gasteiger partial charge in [-0.2, -0.15) is 0 Å². The van der Waals surface area contributed by atoms with Crippen molar-refractivity contribution < 1.29 is 17.9 Å². The smallest absolute Gasteiger partial charge is 0.224 e. The third-order valence-corrected chi connectivity index (χ3v) is 4.29. The Bertz CT molecular complexity index is 590. The standard InChI is InChI=1S/C13H15NO4S/c1-18-12-4-2-11(3-5-12)14-13(15)8-10-6-7-19(16,17)9-10/h2-7,10H,8-9H2,1H3,(H,14,15). The van der Waals surface area contributed by atoms with Gasteiger partial charge in [-0.15, -0.1) is 0 Å². The molecule has 1 amide bonds. The van der Waals surface area contributed by atoms with Crippen LogP contribution in [-0.2, 0) is 14.6 Å². The van der Waals surface area contributed by atoms with Crippen LogP contribution in [0.5, 0.6) is 5.75 Å². The fraction of sp³-hybridized carbons (Fsp3) is 0.308. The highest BCUT2D eigenvalue weighted by Gasteiger charge is 2.23. The Labute approximate surface area is 112 Å². The minimum absolute atomic E-state index is 0.0169. The first-order valence-electron chi connectivity index (χ1n) is 5.83. The zero-order chi connectivity index (χ0) is 13.9. The Morgan fingerprint density at radius 1 is 1.37 bits per heavy atom. The third-order valence-electron chi connectivity index (χ3n) is 2.83. The van der Waals surface area contributed by atoms with E-state index in [-0.39, 0.29) is 24.0 Å². The molecule has 102 valence electrons. The van der Waals surface area contributed by atoms with Gasteiger partial charge in [0.25, 0.3) is 0 Å². The lowest BCUT2D eigenvalue weighted by Crippen LogP contribution is -2.17. The minimum atomic E-state index is -3.10. The summed E-state index contributed by atoms with van der Waals surface area (Å²) in [5.74, 6) is 0.297. The molecule has 19 heavy (non-hydrogen) atoms. The lowest BCUT2D eigenvalue weighted by molar-refractivity contribution is -0.116. The molecular weight excluding hydrogens is 266 g/mol. The molecule has 1 aromatic carbocycles. The maximum absolute atomic E-state index is 11.8. The fourth-order valence-corrected chi connectivity index (χ4v) is 3.29. The maximum Gasteiger partial charge on any atom is 0.224 e. The van der Waals surface area contributed by atoms with Crippen molar-refractivity contribution in [2.24, 2.45) is 5.92 Å². The van der Waals surface area contributed by atoms with Gasteiger partial charge in [-0.25, -0.2) is 8.42 Å². The number of allylic oxidation sites excluding steroid dienone is 1. The molecule has 0 bridgehead atoms. The molecule has 0 aliphatic carbocycles. The minimum Gasteiger partial charge on any atom is -0.497 e. The van der Waals surface area contributed by atoms with E-state index in [2.05, 4.69) is 5.32 Å². The molecule has 1 heterocycles. The number of carbonyl (C=O) groups excluding carboxylic acids is 1. The van der Waals surface area contributed by atoms with Crippen molar-refractivity contribution >= 4 is 21.4 Å². The summed E-state index contributed by atoms with van der Waals surface area (Å²) in [6, 6.07) is 6.96. The summed E-state index contributed by atoms with van der Waals surface area (Å²) in [6.45, 7) is 0. The van der Waals surface area contributed by atoms with Crippen LogP contribution in [-0.4, -0.2) is 27.2 Å². The molecule has 0 spiro atoms. The molecule has 1 aromatic rings.